The molecule has 3 aliphatic rings. The molecule has 7 nitrogen and oxygen atoms in total. The Bertz CT molecular complexity index is 1030. The van der Waals surface area contributed by atoms with Gasteiger partial charge in [-0.3, -0.25) is 4.79 Å². The van der Waals surface area contributed by atoms with Crippen molar-refractivity contribution in [2.75, 3.05) is 31.6 Å². The van der Waals surface area contributed by atoms with Gasteiger partial charge in [0.05, 0.1) is 37.1 Å². The van der Waals surface area contributed by atoms with E-state index in [0.717, 1.165) is 48.6 Å². The first-order chi connectivity index (χ1) is 15.0. The van der Waals surface area contributed by atoms with Crippen LogP contribution in [0.4, 0.5) is 5.82 Å². The number of aromatic nitrogens is 1. The molecule has 0 saturated carbocycles. The van der Waals surface area contributed by atoms with Crippen molar-refractivity contribution in [3.05, 3.63) is 51.7 Å². The van der Waals surface area contributed by atoms with Crippen molar-refractivity contribution in [2.24, 2.45) is 0 Å². The second kappa shape index (κ2) is 7.80. The third-order valence-corrected chi connectivity index (χ3v) is 6.98. The van der Waals surface area contributed by atoms with Gasteiger partial charge in [0.25, 0.3) is 5.91 Å². The molecule has 4 heterocycles. The Morgan fingerprint density at radius 1 is 1.16 bits per heavy atom. The SMILES string of the molecule is Cc1c(N2CCC(Oc3ccc4c(c3)COC4)CC2)nc2c(c1C)C(=O)N(C)[C@@H]2CO. The summed E-state index contributed by atoms with van der Waals surface area (Å²) in [6.45, 7) is 6.95. The number of rotatable bonds is 4. The molecule has 31 heavy (non-hydrogen) atoms. The van der Waals surface area contributed by atoms with E-state index in [4.69, 9.17) is 14.5 Å². The molecule has 164 valence electrons. The van der Waals surface area contributed by atoms with Gasteiger partial charge < -0.3 is 24.4 Å². The molecule has 1 saturated heterocycles. The predicted molar refractivity (Wildman–Crippen MR) is 116 cm³/mol. The zero-order valence-corrected chi connectivity index (χ0v) is 18.4. The van der Waals surface area contributed by atoms with Crippen LogP contribution in [0.5, 0.6) is 5.75 Å². The number of ether oxygens (including phenoxy) is 2. The fourth-order valence-corrected chi connectivity index (χ4v) is 4.93. The quantitative estimate of drug-likeness (QED) is 0.815. The molecule has 0 aliphatic carbocycles. The van der Waals surface area contributed by atoms with Crippen LogP contribution >= 0.6 is 0 Å². The van der Waals surface area contributed by atoms with E-state index in [2.05, 4.69) is 17.0 Å². The van der Waals surface area contributed by atoms with Gasteiger partial charge >= 0.3 is 0 Å². The number of hydrogen-bond acceptors (Lipinski definition) is 6. The number of anilines is 1. The second-order valence-electron chi connectivity index (χ2n) is 8.79. The number of nitrogens with zero attached hydrogens (tertiary/aromatic N) is 3. The minimum atomic E-state index is -0.370. The first-order valence-electron chi connectivity index (χ1n) is 11.0. The van der Waals surface area contributed by atoms with Crippen molar-refractivity contribution in [3.63, 3.8) is 0 Å². The number of piperidine rings is 1. The van der Waals surface area contributed by atoms with E-state index < -0.39 is 0 Å². The van der Waals surface area contributed by atoms with Crippen LogP contribution in [0.2, 0.25) is 0 Å². The number of carbonyl (C=O) groups excluding carboxylic acids is 1. The van der Waals surface area contributed by atoms with Gasteiger partial charge in [-0.05, 0) is 48.2 Å². The van der Waals surface area contributed by atoms with E-state index in [1.165, 1.54) is 11.1 Å². The topological polar surface area (TPSA) is 75.1 Å². The monoisotopic (exact) mass is 423 g/mol. The molecule has 1 amide bonds. The first-order valence-corrected chi connectivity index (χ1v) is 11.0. The Morgan fingerprint density at radius 3 is 2.65 bits per heavy atom. The zero-order valence-electron chi connectivity index (χ0n) is 18.4. The normalized spacial score (nSPS) is 20.9. The largest absolute Gasteiger partial charge is 0.490 e. The molecule has 1 aromatic heterocycles. The molecular weight excluding hydrogens is 394 g/mol. The van der Waals surface area contributed by atoms with E-state index >= 15 is 0 Å². The maximum atomic E-state index is 12.7. The number of aliphatic hydroxyl groups excluding tert-OH is 1. The first kappa shape index (κ1) is 20.3. The van der Waals surface area contributed by atoms with Crippen LogP contribution in [-0.2, 0) is 18.0 Å². The molecular formula is C24H29N3O4. The van der Waals surface area contributed by atoms with Crippen LogP contribution < -0.4 is 9.64 Å². The molecule has 2 aromatic rings. The lowest BCUT2D eigenvalue weighted by Gasteiger charge is -2.34. The Morgan fingerprint density at radius 2 is 1.90 bits per heavy atom. The summed E-state index contributed by atoms with van der Waals surface area (Å²) in [5, 5.41) is 9.82. The molecule has 0 radical (unpaired) electrons. The summed E-state index contributed by atoms with van der Waals surface area (Å²) in [4.78, 5) is 21.4. The van der Waals surface area contributed by atoms with E-state index in [0.29, 0.717) is 24.5 Å². The summed E-state index contributed by atoms with van der Waals surface area (Å²) < 4.78 is 11.8. The van der Waals surface area contributed by atoms with Gasteiger partial charge in [-0.15, -0.1) is 0 Å². The average molecular weight is 424 g/mol. The zero-order chi connectivity index (χ0) is 21.7. The van der Waals surface area contributed by atoms with Crippen molar-refractivity contribution in [1.29, 1.82) is 0 Å². The average Bonchev–Trinajstić information content (AvgIpc) is 3.33. The maximum absolute atomic E-state index is 12.7. The maximum Gasteiger partial charge on any atom is 0.256 e. The molecule has 0 spiro atoms. The molecule has 1 N–H and O–H groups in total. The van der Waals surface area contributed by atoms with E-state index in [1.807, 2.05) is 19.9 Å². The van der Waals surface area contributed by atoms with E-state index in [9.17, 15) is 9.90 Å². The summed E-state index contributed by atoms with van der Waals surface area (Å²) in [6, 6.07) is 5.87. The number of amides is 1. The highest BCUT2D eigenvalue weighted by Crippen LogP contribution is 2.37. The smallest absolute Gasteiger partial charge is 0.256 e. The number of fused-ring (bicyclic) bond motifs is 2. The van der Waals surface area contributed by atoms with Gasteiger partial charge in [0.2, 0.25) is 0 Å². The minimum absolute atomic E-state index is 0.0550. The summed E-state index contributed by atoms with van der Waals surface area (Å²) in [7, 11) is 1.73. The lowest BCUT2D eigenvalue weighted by molar-refractivity contribution is 0.0714. The van der Waals surface area contributed by atoms with Gasteiger partial charge in [-0.1, -0.05) is 6.07 Å². The van der Waals surface area contributed by atoms with Crippen molar-refractivity contribution in [1.82, 2.24) is 9.88 Å². The van der Waals surface area contributed by atoms with Crippen molar-refractivity contribution in [2.45, 2.75) is 52.0 Å². The highest BCUT2D eigenvalue weighted by atomic mass is 16.5. The van der Waals surface area contributed by atoms with Crippen LogP contribution in [-0.4, -0.2) is 53.7 Å². The standard InChI is InChI=1S/C24H29N3O4/c1-14-15(2)23(25-22-20(11-28)26(3)24(29)21(14)22)27-8-6-18(7-9-27)31-19-5-4-16-12-30-13-17(16)10-19/h4-5,10,18,20,28H,6-9,11-13H2,1-3H3/t20-/m1/s1. The molecule has 5 rings (SSSR count). The van der Waals surface area contributed by atoms with Gasteiger partial charge in [0, 0.05) is 33.0 Å². The van der Waals surface area contributed by atoms with Crippen LogP contribution in [0, 0.1) is 13.8 Å². The van der Waals surface area contributed by atoms with Crippen LogP contribution in [0.25, 0.3) is 0 Å². The Kier molecular flexibility index (Phi) is 5.10. The number of likely N-dealkylation sites (N-methyl/N-ethyl adjacent to an activating group) is 1. The number of benzene rings is 1. The molecule has 1 aromatic carbocycles. The third-order valence-electron chi connectivity index (χ3n) is 6.98. The summed E-state index contributed by atoms with van der Waals surface area (Å²) >= 11 is 0. The van der Waals surface area contributed by atoms with Crippen molar-refractivity contribution in [3.8, 4) is 5.75 Å². The number of pyridine rings is 1. The number of carbonyl (C=O) groups is 1. The van der Waals surface area contributed by atoms with Gasteiger partial charge in [-0.25, -0.2) is 4.98 Å². The minimum Gasteiger partial charge on any atom is -0.490 e. The fourth-order valence-electron chi connectivity index (χ4n) is 4.93. The summed E-state index contributed by atoms with van der Waals surface area (Å²) in [5.41, 5.74) is 5.83. The third kappa shape index (κ3) is 3.36. The van der Waals surface area contributed by atoms with Crippen molar-refractivity contribution >= 4 is 11.7 Å². The second-order valence-corrected chi connectivity index (χ2v) is 8.79. The van der Waals surface area contributed by atoms with Crippen LogP contribution in [0.15, 0.2) is 18.2 Å². The van der Waals surface area contributed by atoms with Crippen LogP contribution in [0.1, 0.15) is 57.2 Å². The Balaban J connectivity index is 1.31. The molecule has 0 unspecified atom stereocenters. The fraction of sp³-hybridized carbons (Fsp3) is 0.500. The Labute approximate surface area is 182 Å². The number of aliphatic hydroxyl groups is 1. The van der Waals surface area contributed by atoms with Gasteiger partial charge in [-0.2, -0.15) is 0 Å². The molecule has 7 heteroatoms. The van der Waals surface area contributed by atoms with Crippen molar-refractivity contribution < 1.29 is 19.4 Å². The highest BCUT2D eigenvalue weighted by Gasteiger charge is 2.38. The summed E-state index contributed by atoms with van der Waals surface area (Å²) in [6.07, 6.45) is 1.99. The number of hydrogen-bond donors (Lipinski definition) is 1. The van der Waals surface area contributed by atoms with Crippen LogP contribution in [0.3, 0.4) is 0 Å². The summed E-state index contributed by atoms with van der Waals surface area (Å²) in [5.74, 6) is 1.78. The van der Waals surface area contributed by atoms with Gasteiger partial charge in [0.1, 0.15) is 17.7 Å². The highest BCUT2D eigenvalue weighted by molar-refractivity contribution is 6.00. The lowest BCUT2D eigenvalue weighted by atomic mass is 10.00. The lowest BCUT2D eigenvalue weighted by Crippen LogP contribution is -2.39. The van der Waals surface area contributed by atoms with Gasteiger partial charge in [0.15, 0.2) is 0 Å². The Hall–Kier alpha value is -2.64. The van der Waals surface area contributed by atoms with E-state index in [1.54, 1.807) is 11.9 Å². The van der Waals surface area contributed by atoms with E-state index in [-0.39, 0.29) is 24.7 Å². The molecule has 3 aliphatic heterocycles. The molecule has 1 atom stereocenters. The predicted octanol–water partition coefficient (Wildman–Crippen LogP) is 2.90. The molecule has 1 fully saturated rings. The molecule has 0 bridgehead atoms.